The smallest absolute Gasteiger partial charge is 0.299 e. The summed E-state index contributed by atoms with van der Waals surface area (Å²) in [5, 5.41) is 8.70. The van der Waals surface area contributed by atoms with Gasteiger partial charge < -0.3 is 0 Å². The van der Waals surface area contributed by atoms with Gasteiger partial charge in [-0.2, -0.15) is 18.3 Å². The van der Waals surface area contributed by atoms with E-state index in [0.717, 1.165) is 21.9 Å². The normalized spacial score (nSPS) is 11.5. The first-order valence-corrected chi connectivity index (χ1v) is 12.9. The summed E-state index contributed by atoms with van der Waals surface area (Å²) in [6.07, 6.45) is -3.39. The Morgan fingerprint density at radius 2 is 1.54 bits per heavy atom. The Morgan fingerprint density at radius 3 is 2.05 bits per heavy atom. The minimum absolute atomic E-state index is 0.138. The van der Waals surface area contributed by atoms with Crippen LogP contribution in [-0.2, 0) is 27.4 Å². The van der Waals surface area contributed by atoms with Crippen molar-refractivity contribution in [1.82, 2.24) is 9.78 Å². The Morgan fingerprint density at radius 1 is 0.946 bits per heavy atom. The highest BCUT2D eigenvalue weighted by Crippen LogP contribution is 2.33. The molecule has 0 atom stereocenters. The van der Waals surface area contributed by atoms with Crippen molar-refractivity contribution in [1.29, 1.82) is 0 Å². The molecule has 0 unspecified atom stereocenters. The largest absolute Gasteiger partial charge is 0.435 e. The standard InChI is InChI=1S/C17H14F3N3O2S.C10H12O/c1-11-2-4-12(5-3-11)15-10-16(17(18,19)20)22-23(15)13-6-8-14(9-7-13)26(21,24)25;1-2-10(11)8-9-6-4-3-5-7-9/h2-10H,1H3,(H2,21,24,25);3-7H,2,8H2,1H3. The summed E-state index contributed by atoms with van der Waals surface area (Å²) in [7, 11) is -3.90. The molecule has 3 aromatic carbocycles. The number of alkyl halides is 3. The monoisotopic (exact) mass is 529 g/mol. The molecule has 0 fully saturated rings. The molecular formula is C27H26F3N3O3S. The van der Waals surface area contributed by atoms with Crippen LogP contribution in [0.3, 0.4) is 0 Å². The van der Waals surface area contributed by atoms with Crippen LogP contribution in [0.4, 0.5) is 13.2 Å². The highest BCUT2D eigenvalue weighted by molar-refractivity contribution is 7.89. The van der Waals surface area contributed by atoms with E-state index in [4.69, 9.17) is 5.14 Å². The van der Waals surface area contributed by atoms with Crippen molar-refractivity contribution < 1.29 is 26.4 Å². The van der Waals surface area contributed by atoms with Gasteiger partial charge in [0.15, 0.2) is 5.69 Å². The van der Waals surface area contributed by atoms with E-state index < -0.39 is 21.9 Å². The number of nitrogens with two attached hydrogens (primary N) is 1. The average molecular weight is 530 g/mol. The lowest BCUT2D eigenvalue weighted by molar-refractivity contribution is -0.141. The number of sulfonamides is 1. The fourth-order valence-corrected chi connectivity index (χ4v) is 3.89. The molecule has 1 aromatic heterocycles. The third-order valence-corrected chi connectivity index (χ3v) is 6.32. The summed E-state index contributed by atoms with van der Waals surface area (Å²) in [5.41, 5.74) is 2.11. The Bertz CT molecular complexity index is 1450. The maximum atomic E-state index is 13.1. The van der Waals surface area contributed by atoms with Gasteiger partial charge in [0.05, 0.1) is 16.3 Å². The number of hydrogen-bond acceptors (Lipinski definition) is 4. The molecule has 0 aliphatic rings. The fourth-order valence-electron chi connectivity index (χ4n) is 3.37. The number of aryl methyl sites for hydroxylation is 1. The second-order valence-corrected chi connectivity index (χ2v) is 9.85. The number of Topliss-reactive ketones (excluding diaryl/α,β-unsaturated/α-hetero) is 1. The summed E-state index contributed by atoms with van der Waals surface area (Å²) < 4.78 is 63.2. The number of rotatable bonds is 6. The van der Waals surface area contributed by atoms with Gasteiger partial charge in [-0.25, -0.2) is 18.2 Å². The number of primary sulfonamides is 1. The van der Waals surface area contributed by atoms with Crippen molar-refractivity contribution >= 4 is 15.8 Å². The zero-order chi connectivity index (χ0) is 27.2. The molecule has 0 aliphatic heterocycles. The topological polar surface area (TPSA) is 95.0 Å². The second-order valence-electron chi connectivity index (χ2n) is 8.28. The maximum absolute atomic E-state index is 13.1. The van der Waals surface area contributed by atoms with Crippen molar-refractivity contribution in [2.75, 3.05) is 0 Å². The maximum Gasteiger partial charge on any atom is 0.435 e. The van der Waals surface area contributed by atoms with E-state index in [0.29, 0.717) is 24.2 Å². The van der Waals surface area contributed by atoms with Crippen LogP contribution in [0, 0.1) is 6.92 Å². The second kappa shape index (κ2) is 11.5. The van der Waals surface area contributed by atoms with Crippen LogP contribution >= 0.6 is 0 Å². The Balaban J connectivity index is 0.000000289. The first kappa shape index (κ1) is 27.8. The first-order valence-electron chi connectivity index (χ1n) is 11.3. The van der Waals surface area contributed by atoms with E-state index in [1.165, 1.54) is 24.3 Å². The van der Waals surface area contributed by atoms with Gasteiger partial charge in [-0.3, -0.25) is 4.79 Å². The van der Waals surface area contributed by atoms with Gasteiger partial charge in [-0.15, -0.1) is 0 Å². The van der Waals surface area contributed by atoms with Gasteiger partial charge in [0.2, 0.25) is 10.0 Å². The molecule has 37 heavy (non-hydrogen) atoms. The van der Waals surface area contributed by atoms with Gasteiger partial charge in [-0.05, 0) is 42.8 Å². The van der Waals surface area contributed by atoms with Gasteiger partial charge in [-0.1, -0.05) is 67.1 Å². The molecule has 2 N–H and O–H groups in total. The van der Waals surface area contributed by atoms with E-state index in [9.17, 15) is 26.4 Å². The summed E-state index contributed by atoms with van der Waals surface area (Å²) >= 11 is 0. The van der Waals surface area contributed by atoms with Crippen molar-refractivity contribution in [2.24, 2.45) is 5.14 Å². The van der Waals surface area contributed by atoms with Crippen LogP contribution < -0.4 is 5.14 Å². The third-order valence-electron chi connectivity index (χ3n) is 5.40. The highest BCUT2D eigenvalue weighted by Gasteiger charge is 2.35. The van der Waals surface area contributed by atoms with Crippen LogP contribution in [0.5, 0.6) is 0 Å². The molecule has 10 heteroatoms. The van der Waals surface area contributed by atoms with Crippen LogP contribution in [0.25, 0.3) is 16.9 Å². The van der Waals surface area contributed by atoms with Gasteiger partial charge in [0.1, 0.15) is 5.78 Å². The predicted molar refractivity (Wildman–Crippen MR) is 136 cm³/mol. The molecule has 0 bridgehead atoms. The van der Waals surface area contributed by atoms with Crippen molar-refractivity contribution in [3.8, 4) is 16.9 Å². The first-order chi connectivity index (χ1) is 17.4. The molecule has 0 amide bonds. The summed E-state index contributed by atoms with van der Waals surface area (Å²) in [6, 6.07) is 22.9. The number of ketones is 1. The molecule has 4 rings (SSSR count). The van der Waals surface area contributed by atoms with Gasteiger partial charge >= 0.3 is 6.18 Å². The summed E-state index contributed by atoms with van der Waals surface area (Å²) in [4.78, 5) is 10.8. The van der Waals surface area contributed by atoms with Crippen LogP contribution in [-0.4, -0.2) is 24.0 Å². The molecule has 0 spiro atoms. The number of carbonyl (C=O) groups excluding carboxylic acids is 1. The molecule has 194 valence electrons. The van der Waals surface area contributed by atoms with Crippen molar-refractivity contribution in [2.45, 2.75) is 37.8 Å². The lowest BCUT2D eigenvalue weighted by Crippen LogP contribution is -2.12. The molecule has 0 radical (unpaired) electrons. The average Bonchev–Trinajstić information content (AvgIpc) is 3.31. The molecule has 6 nitrogen and oxygen atoms in total. The minimum atomic E-state index is -4.61. The molecular weight excluding hydrogens is 503 g/mol. The Kier molecular flexibility index (Phi) is 8.67. The number of halogens is 3. The zero-order valence-electron chi connectivity index (χ0n) is 20.2. The number of hydrogen-bond donors (Lipinski definition) is 1. The molecule has 1 heterocycles. The Labute approximate surface area is 213 Å². The van der Waals surface area contributed by atoms with Crippen molar-refractivity contribution in [3.05, 3.63) is 102 Å². The van der Waals surface area contributed by atoms with Gasteiger partial charge in [0.25, 0.3) is 0 Å². The zero-order valence-corrected chi connectivity index (χ0v) is 21.1. The summed E-state index contributed by atoms with van der Waals surface area (Å²) in [6.45, 7) is 3.76. The Hall–Kier alpha value is -3.76. The van der Waals surface area contributed by atoms with E-state index in [1.807, 2.05) is 44.2 Å². The number of carbonyl (C=O) groups is 1. The van der Waals surface area contributed by atoms with E-state index in [-0.39, 0.29) is 16.3 Å². The van der Waals surface area contributed by atoms with E-state index in [2.05, 4.69) is 5.10 Å². The minimum Gasteiger partial charge on any atom is -0.299 e. The SMILES string of the molecule is CCC(=O)Cc1ccccc1.Cc1ccc(-c2cc(C(F)(F)F)nn2-c2ccc(S(N)(=O)=O)cc2)cc1. The number of aromatic nitrogens is 2. The fraction of sp³-hybridized carbons (Fsp3) is 0.185. The lowest BCUT2D eigenvalue weighted by atomic mass is 10.1. The number of benzene rings is 3. The van der Waals surface area contributed by atoms with E-state index >= 15 is 0 Å². The predicted octanol–water partition coefficient (Wildman–Crippen LogP) is 5.72. The van der Waals surface area contributed by atoms with Crippen LogP contribution in [0.2, 0.25) is 0 Å². The molecule has 0 saturated carbocycles. The van der Waals surface area contributed by atoms with E-state index in [1.54, 1.807) is 24.3 Å². The lowest BCUT2D eigenvalue weighted by Gasteiger charge is -2.09. The van der Waals surface area contributed by atoms with Gasteiger partial charge in [0, 0.05) is 18.4 Å². The van der Waals surface area contributed by atoms with Crippen LogP contribution in [0.15, 0.2) is 89.8 Å². The molecule has 4 aromatic rings. The van der Waals surface area contributed by atoms with Crippen molar-refractivity contribution in [3.63, 3.8) is 0 Å². The highest BCUT2D eigenvalue weighted by atomic mass is 32.2. The molecule has 0 saturated heterocycles. The number of nitrogens with zero attached hydrogens (tertiary/aromatic N) is 2. The molecule has 0 aliphatic carbocycles. The van der Waals surface area contributed by atoms with Crippen LogP contribution in [0.1, 0.15) is 30.2 Å². The summed E-state index contributed by atoms with van der Waals surface area (Å²) in [5.74, 6) is 0.302. The quantitative estimate of drug-likeness (QED) is 0.346. The third kappa shape index (κ3) is 7.61.